The van der Waals surface area contributed by atoms with Crippen LogP contribution in [-0.4, -0.2) is 36.9 Å². The van der Waals surface area contributed by atoms with Gasteiger partial charge in [0.05, 0.1) is 13.5 Å². The molecule has 100 valence electrons. The van der Waals surface area contributed by atoms with Crippen molar-refractivity contribution in [1.29, 1.82) is 0 Å². The second-order valence-electron chi connectivity index (χ2n) is 5.26. The average Bonchev–Trinajstić information content (AvgIpc) is 2.11. The summed E-state index contributed by atoms with van der Waals surface area (Å²) >= 11 is 0. The predicted molar refractivity (Wildman–Crippen MR) is 63.5 cm³/mol. The number of hydrogen-bond donors (Lipinski definition) is 2. The number of amides is 1. The Morgan fingerprint density at radius 1 is 1.24 bits per heavy atom. The van der Waals surface area contributed by atoms with E-state index >= 15 is 0 Å². The molecule has 0 rings (SSSR count). The minimum absolute atomic E-state index is 0.0271. The first-order valence-electron chi connectivity index (χ1n) is 5.38. The van der Waals surface area contributed by atoms with Crippen molar-refractivity contribution in [3.05, 3.63) is 0 Å². The van der Waals surface area contributed by atoms with Gasteiger partial charge in [-0.1, -0.05) is 0 Å². The minimum atomic E-state index is -0.857. The van der Waals surface area contributed by atoms with E-state index in [1.807, 2.05) is 0 Å². The van der Waals surface area contributed by atoms with E-state index in [0.29, 0.717) is 0 Å². The van der Waals surface area contributed by atoms with Crippen LogP contribution in [0, 0.1) is 0 Å². The van der Waals surface area contributed by atoms with Crippen molar-refractivity contribution in [2.24, 2.45) is 5.73 Å². The third-order valence-corrected chi connectivity index (χ3v) is 1.81. The summed E-state index contributed by atoms with van der Waals surface area (Å²) in [6.45, 7) is 7.09. The summed E-state index contributed by atoms with van der Waals surface area (Å²) in [5.41, 5.74) is 4.42. The zero-order valence-corrected chi connectivity index (χ0v) is 11.1. The molecular formula is C11H22N2O4. The first-order valence-corrected chi connectivity index (χ1v) is 5.38. The standard InChI is InChI=1S/C11H22N2O4/c1-10(2,3)17-9(15)13-7-11(4,12)6-8(14)16-5/h6-7,12H2,1-5H3,(H,13,15). The molecule has 6 nitrogen and oxygen atoms in total. The van der Waals surface area contributed by atoms with E-state index in [1.54, 1.807) is 27.7 Å². The second-order valence-corrected chi connectivity index (χ2v) is 5.26. The van der Waals surface area contributed by atoms with Gasteiger partial charge in [0.15, 0.2) is 0 Å². The van der Waals surface area contributed by atoms with Crippen molar-refractivity contribution in [3.8, 4) is 0 Å². The molecule has 0 aromatic heterocycles. The van der Waals surface area contributed by atoms with Gasteiger partial charge in [-0.2, -0.15) is 0 Å². The Morgan fingerprint density at radius 2 is 1.76 bits per heavy atom. The number of hydrogen-bond acceptors (Lipinski definition) is 5. The summed E-state index contributed by atoms with van der Waals surface area (Å²) in [5, 5.41) is 2.51. The van der Waals surface area contributed by atoms with Gasteiger partial charge in [-0.05, 0) is 27.7 Å². The van der Waals surface area contributed by atoms with Crippen LogP contribution in [0.4, 0.5) is 4.79 Å². The molecule has 6 heteroatoms. The summed E-state index contributed by atoms with van der Waals surface area (Å²) in [5.74, 6) is -0.416. The smallest absolute Gasteiger partial charge is 0.407 e. The molecule has 1 unspecified atom stereocenters. The van der Waals surface area contributed by atoms with E-state index in [4.69, 9.17) is 10.5 Å². The maximum atomic E-state index is 11.4. The number of nitrogens with two attached hydrogens (primary N) is 1. The van der Waals surface area contributed by atoms with Crippen LogP contribution in [0.5, 0.6) is 0 Å². The van der Waals surface area contributed by atoms with E-state index in [9.17, 15) is 9.59 Å². The minimum Gasteiger partial charge on any atom is -0.469 e. The topological polar surface area (TPSA) is 90.6 Å². The van der Waals surface area contributed by atoms with Gasteiger partial charge in [0.2, 0.25) is 0 Å². The molecule has 0 radical (unpaired) electrons. The number of methoxy groups -OCH3 is 1. The van der Waals surface area contributed by atoms with E-state index in [0.717, 1.165) is 0 Å². The molecule has 1 atom stereocenters. The lowest BCUT2D eigenvalue weighted by Gasteiger charge is -2.25. The summed E-state index contributed by atoms with van der Waals surface area (Å²) in [6, 6.07) is 0. The van der Waals surface area contributed by atoms with Crippen LogP contribution >= 0.6 is 0 Å². The van der Waals surface area contributed by atoms with E-state index in [2.05, 4.69) is 10.1 Å². The number of carbonyl (C=O) groups excluding carboxylic acids is 2. The van der Waals surface area contributed by atoms with E-state index in [1.165, 1.54) is 7.11 Å². The molecule has 0 aliphatic carbocycles. The van der Waals surface area contributed by atoms with Gasteiger partial charge in [-0.15, -0.1) is 0 Å². The quantitative estimate of drug-likeness (QED) is 0.716. The van der Waals surface area contributed by atoms with Crippen LogP contribution in [0.2, 0.25) is 0 Å². The fourth-order valence-electron chi connectivity index (χ4n) is 1.05. The van der Waals surface area contributed by atoms with Crippen LogP contribution in [0.15, 0.2) is 0 Å². The number of esters is 1. The van der Waals surface area contributed by atoms with E-state index in [-0.39, 0.29) is 13.0 Å². The Hall–Kier alpha value is -1.30. The number of alkyl carbamates (subject to hydrolysis) is 1. The Labute approximate surface area is 102 Å². The highest BCUT2D eigenvalue weighted by Crippen LogP contribution is 2.08. The summed E-state index contributed by atoms with van der Waals surface area (Å²) in [4.78, 5) is 22.4. The van der Waals surface area contributed by atoms with Crippen molar-refractivity contribution in [2.75, 3.05) is 13.7 Å². The van der Waals surface area contributed by atoms with Crippen molar-refractivity contribution >= 4 is 12.1 Å². The summed E-state index contributed by atoms with van der Waals surface area (Å²) < 4.78 is 9.55. The van der Waals surface area contributed by atoms with Gasteiger partial charge >= 0.3 is 12.1 Å². The van der Waals surface area contributed by atoms with Crippen molar-refractivity contribution in [1.82, 2.24) is 5.32 Å². The van der Waals surface area contributed by atoms with Gasteiger partial charge in [-0.3, -0.25) is 4.79 Å². The van der Waals surface area contributed by atoms with Gasteiger partial charge in [0, 0.05) is 12.1 Å². The van der Waals surface area contributed by atoms with Gasteiger partial charge in [0.25, 0.3) is 0 Å². The average molecular weight is 246 g/mol. The van der Waals surface area contributed by atoms with Crippen molar-refractivity contribution in [3.63, 3.8) is 0 Å². The zero-order valence-electron chi connectivity index (χ0n) is 11.1. The third-order valence-electron chi connectivity index (χ3n) is 1.81. The normalized spacial score (nSPS) is 14.7. The van der Waals surface area contributed by atoms with Gasteiger partial charge < -0.3 is 20.5 Å². The Morgan fingerprint density at radius 3 is 2.18 bits per heavy atom. The van der Waals surface area contributed by atoms with Gasteiger partial charge in [-0.25, -0.2) is 4.79 Å². The fourth-order valence-corrected chi connectivity index (χ4v) is 1.05. The number of carbonyl (C=O) groups is 2. The molecule has 0 bridgehead atoms. The maximum absolute atomic E-state index is 11.4. The maximum Gasteiger partial charge on any atom is 0.407 e. The lowest BCUT2D eigenvalue weighted by atomic mass is 10.00. The molecular weight excluding hydrogens is 224 g/mol. The molecule has 17 heavy (non-hydrogen) atoms. The first-order chi connectivity index (χ1) is 7.56. The van der Waals surface area contributed by atoms with Crippen molar-refractivity contribution < 1.29 is 19.1 Å². The zero-order chi connectivity index (χ0) is 13.7. The monoisotopic (exact) mass is 246 g/mol. The van der Waals surface area contributed by atoms with Gasteiger partial charge in [0.1, 0.15) is 5.60 Å². The number of nitrogens with one attached hydrogen (secondary N) is 1. The van der Waals surface area contributed by atoms with Crippen LogP contribution in [0.25, 0.3) is 0 Å². The molecule has 3 N–H and O–H groups in total. The Balaban J connectivity index is 4.09. The molecule has 0 saturated carbocycles. The molecule has 0 spiro atoms. The Bertz CT molecular complexity index is 282. The molecule has 0 saturated heterocycles. The molecule has 0 aromatic rings. The first kappa shape index (κ1) is 15.7. The third kappa shape index (κ3) is 8.50. The molecule has 0 aliphatic rings. The fraction of sp³-hybridized carbons (Fsp3) is 0.818. The van der Waals surface area contributed by atoms with Crippen LogP contribution in [-0.2, 0) is 14.3 Å². The molecule has 0 fully saturated rings. The molecule has 0 aromatic carbocycles. The van der Waals surface area contributed by atoms with Crippen LogP contribution in [0.3, 0.4) is 0 Å². The lowest BCUT2D eigenvalue weighted by Crippen LogP contribution is -2.50. The number of rotatable bonds is 4. The summed E-state index contributed by atoms with van der Waals surface area (Å²) in [6.07, 6.45) is -0.529. The highest BCUT2D eigenvalue weighted by atomic mass is 16.6. The second kappa shape index (κ2) is 5.86. The Kier molecular flexibility index (Phi) is 5.41. The molecule has 0 aliphatic heterocycles. The molecule has 0 heterocycles. The van der Waals surface area contributed by atoms with Crippen LogP contribution in [0.1, 0.15) is 34.1 Å². The largest absolute Gasteiger partial charge is 0.469 e. The SMILES string of the molecule is COC(=O)CC(C)(N)CNC(=O)OC(C)(C)C. The summed E-state index contributed by atoms with van der Waals surface area (Å²) in [7, 11) is 1.29. The lowest BCUT2D eigenvalue weighted by molar-refractivity contribution is -0.141. The van der Waals surface area contributed by atoms with E-state index < -0.39 is 23.2 Å². The highest BCUT2D eigenvalue weighted by Gasteiger charge is 2.25. The van der Waals surface area contributed by atoms with Crippen LogP contribution < -0.4 is 11.1 Å². The van der Waals surface area contributed by atoms with Crippen molar-refractivity contribution in [2.45, 2.75) is 45.3 Å². The molecule has 1 amide bonds. The number of ether oxygens (including phenoxy) is 2. The highest BCUT2D eigenvalue weighted by molar-refractivity contribution is 5.71. The predicted octanol–water partition coefficient (Wildman–Crippen LogP) is 0.792.